The number of nitriles is 1. The summed E-state index contributed by atoms with van der Waals surface area (Å²) < 4.78 is 0.984. The van der Waals surface area contributed by atoms with E-state index in [-0.39, 0.29) is 17.5 Å². The molecular weight excluding hydrogens is 310 g/mol. The Labute approximate surface area is 119 Å². The van der Waals surface area contributed by atoms with Gasteiger partial charge in [-0.2, -0.15) is 5.26 Å². The van der Waals surface area contributed by atoms with Crippen molar-refractivity contribution in [2.75, 3.05) is 6.54 Å². The van der Waals surface area contributed by atoms with Gasteiger partial charge >= 0.3 is 5.97 Å². The maximum atomic E-state index is 10.9. The summed E-state index contributed by atoms with van der Waals surface area (Å²) in [6.07, 6.45) is 1.50. The van der Waals surface area contributed by atoms with Gasteiger partial charge in [-0.1, -0.05) is 34.1 Å². The highest BCUT2D eigenvalue weighted by atomic mass is 79.9. The zero-order chi connectivity index (χ0) is 13.8. The van der Waals surface area contributed by atoms with Crippen LogP contribution in [0.25, 0.3) is 0 Å². The van der Waals surface area contributed by atoms with E-state index in [9.17, 15) is 4.79 Å². The lowest BCUT2D eigenvalue weighted by atomic mass is 9.93. The van der Waals surface area contributed by atoms with E-state index in [4.69, 9.17) is 10.4 Å². The predicted octanol–water partition coefficient (Wildman–Crippen LogP) is 1.75. The van der Waals surface area contributed by atoms with Crippen LogP contribution >= 0.6 is 15.9 Å². The van der Waals surface area contributed by atoms with Crippen LogP contribution in [-0.2, 0) is 4.79 Å². The van der Waals surface area contributed by atoms with Crippen LogP contribution in [0.2, 0.25) is 0 Å². The van der Waals surface area contributed by atoms with Crippen LogP contribution in [0, 0.1) is 17.2 Å². The first-order valence-electron chi connectivity index (χ1n) is 5.71. The minimum atomic E-state index is -1.19. The van der Waals surface area contributed by atoms with Crippen LogP contribution in [0.4, 0.5) is 0 Å². The Morgan fingerprint density at radius 1 is 1.47 bits per heavy atom. The van der Waals surface area contributed by atoms with Gasteiger partial charge < -0.3 is 5.11 Å². The van der Waals surface area contributed by atoms with Gasteiger partial charge in [-0.25, -0.2) is 10.2 Å². The highest BCUT2D eigenvalue weighted by Crippen LogP contribution is 2.27. The number of hydrazine groups is 1. The molecule has 5 nitrogen and oxygen atoms in total. The molecule has 0 radical (unpaired) electrons. The Hall–Kier alpha value is -1.68. The van der Waals surface area contributed by atoms with Crippen molar-refractivity contribution in [2.45, 2.75) is 6.04 Å². The smallest absolute Gasteiger partial charge is 0.346 e. The molecular formula is C13H12BrN3O2. The normalized spacial score (nSPS) is 23.1. The molecule has 1 aliphatic rings. The maximum Gasteiger partial charge on any atom is 0.346 e. The predicted molar refractivity (Wildman–Crippen MR) is 72.8 cm³/mol. The summed E-state index contributed by atoms with van der Waals surface area (Å²) in [5.41, 5.74) is 6.91. The zero-order valence-electron chi connectivity index (χ0n) is 9.93. The molecule has 3 N–H and O–H groups in total. The average Bonchev–Trinajstić information content (AvgIpc) is 2.84. The molecule has 1 aliphatic heterocycles. The number of carboxylic acids is 1. The lowest BCUT2D eigenvalue weighted by molar-refractivity contribution is -0.132. The monoisotopic (exact) mass is 321 g/mol. The first-order valence-corrected chi connectivity index (χ1v) is 6.50. The molecule has 0 aliphatic carbocycles. The molecule has 0 spiro atoms. The third-order valence-corrected chi connectivity index (χ3v) is 3.51. The highest BCUT2D eigenvalue weighted by Gasteiger charge is 2.27. The van der Waals surface area contributed by atoms with Crippen molar-refractivity contribution in [3.63, 3.8) is 0 Å². The lowest BCUT2D eigenvalue weighted by Crippen LogP contribution is -2.24. The Balaban J connectivity index is 2.24. The Morgan fingerprint density at radius 2 is 2.16 bits per heavy atom. The second kappa shape index (κ2) is 5.97. The van der Waals surface area contributed by atoms with E-state index in [0.29, 0.717) is 6.54 Å². The molecule has 98 valence electrons. The van der Waals surface area contributed by atoms with Gasteiger partial charge in [0.25, 0.3) is 0 Å². The quantitative estimate of drug-likeness (QED) is 0.583. The first-order chi connectivity index (χ1) is 9.11. The number of nitrogens with zero attached hydrogens (tertiary/aromatic N) is 1. The van der Waals surface area contributed by atoms with Crippen molar-refractivity contribution in [1.29, 1.82) is 5.26 Å². The molecule has 0 bridgehead atoms. The molecule has 0 aromatic heterocycles. The number of rotatable bonds is 3. The van der Waals surface area contributed by atoms with E-state index < -0.39 is 5.97 Å². The van der Waals surface area contributed by atoms with Gasteiger partial charge in [0.15, 0.2) is 0 Å². The van der Waals surface area contributed by atoms with Crippen LogP contribution < -0.4 is 10.9 Å². The van der Waals surface area contributed by atoms with E-state index in [1.807, 2.05) is 24.3 Å². The van der Waals surface area contributed by atoms with Crippen LogP contribution in [0.3, 0.4) is 0 Å². The van der Waals surface area contributed by atoms with Crippen LogP contribution in [0.15, 0.2) is 40.4 Å². The molecule has 2 unspecified atom stereocenters. The van der Waals surface area contributed by atoms with E-state index in [1.165, 1.54) is 6.08 Å². The second-order valence-electron chi connectivity index (χ2n) is 4.22. The molecule has 1 heterocycles. The Bertz CT molecular complexity index is 548. The number of nitrogens with one attached hydrogen (secondary N) is 2. The molecule has 2 atom stereocenters. The summed E-state index contributed by atoms with van der Waals surface area (Å²) in [4.78, 5) is 10.9. The van der Waals surface area contributed by atoms with Crippen molar-refractivity contribution in [2.24, 2.45) is 5.92 Å². The Morgan fingerprint density at radius 3 is 2.74 bits per heavy atom. The summed E-state index contributed by atoms with van der Waals surface area (Å²) >= 11 is 3.37. The van der Waals surface area contributed by atoms with Crippen LogP contribution in [0.1, 0.15) is 11.6 Å². The van der Waals surface area contributed by atoms with Crippen LogP contribution in [0.5, 0.6) is 0 Å². The molecule has 6 heteroatoms. The number of aliphatic carboxylic acids is 1. The fourth-order valence-corrected chi connectivity index (χ4v) is 2.30. The van der Waals surface area contributed by atoms with Crippen molar-refractivity contribution >= 4 is 21.9 Å². The van der Waals surface area contributed by atoms with Gasteiger partial charge in [-0.3, -0.25) is 5.43 Å². The molecule has 1 aromatic carbocycles. The van der Waals surface area contributed by atoms with E-state index in [1.54, 1.807) is 6.07 Å². The van der Waals surface area contributed by atoms with Crippen molar-refractivity contribution in [3.05, 3.63) is 46.0 Å². The molecule has 1 fully saturated rings. The summed E-state index contributed by atoms with van der Waals surface area (Å²) in [7, 11) is 0. The zero-order valence-corrected chi connectivity index (χ0v) is 11.5. The molecule has 19 heavy (non-hydrogen) atoms. The number of carbonyl (C=O) groups is 1. The lowest BCUT2D eigenvalue weighted by Gasteiger charge is -2.16. The first kappa shape index (κ1) is 13.7. The third-order valence-electron chi connectivity index (χ3n) is 2.98. The maximum absolute atomic E-state index is 10.9. The van der Waals surface area contributed by atoms with Gasteiger partial charge in [0.1, 0.15) is 11.6 Å². The molecule has 0 saturated carbocycles. The number of halogens is 1. The van der Waals surface area contributed by atoms with E-state index in [0.717, 1.165) is 10.0 Å². The van der Waals surface area contributed by atoms with E-state index in [2.05, 4.69) is 26.8 Å². The minimum Gasteiger partial charge on any atom is -0.477 e. The number of benzene rings is 1. The van der Waals surface area contributed by atoms with Gasteiger partial charge in [-0.05, 0) is 17.7 Å². The number of hydrogen-bond acceptors (Lipinski definition) is 4. The molecule has 0 amide bonds. The van der Waals surface area contributed by atoms with Gasteiger partial charge in [0, 0.05) is 16.9 Å². The fourth-order valence-electron chi connectivity index (χ4n) is 2.04. The summed E-state index contributed by atoms with van der Waals surface area (Å²) in [6, 6.07) is 9.44. The Kier molecular flexibility index (Phi) is 4.32. The molecule has 1 saturated heterocycles. The second-order valence-corrected chi connectivity index (χ2v) is 5.13. The number of carboxylic acid groups (broad SMARTS) is 1. The largest absolute Gasteiger partial charge is 0.477 e. The highest BCUT2D eigenvalue weighted by molar-refractivity contribution is 9.10. The van der Waals surface area contributed by atoms with Gasteiger partial charge in [0.2, 0.25) is 0 Å². The third kappa shape index (κ3) is 3.20. The topological polar surface area (TPSA) is 85.2 Å². The van der Waals surface area contributed by atoms with Gasteiger partial charge in [-0.15, -0.1) is 0 Å². The van der Waals surface area contributed by atoms with Crippen molar-refractivity contribution in [1.82, 2.24) is 10.9 Å². The van der Waals surface area contributed by atoms with Gasteiger partial charge in [0.05, 0.1) is 6.04 Å². The summed E-state index contributed by atoms with van der Waals surface area (Å²) in [6.45, 7) is 0.583. The average molecular weight is 322 g/mol. The van der Waals surface area contributed by atoms with Crippen molar-refractivity contribution in [3.8, 4) is 6.07 Å². The van der Waals surface area contributed by atoms with Crippen molar-refractivity contribution < 1.29 is 9.90 Å². The summed E-state index contributed by atoms with van der Waals surface area (Å²) in [5, 5.41) is 17.7. The fraction of sp³-hybridized carbons (Fsp3) is 0.231. The molecule has 1 aromatic rings. The van der Waals surface area contributed by atoms with E-state index >= 15 is 0 Å². The molecule has 2 rings (SSSR count). The SMILES string of the molecule is N#C/C(=C/C1CNNC1c1ccc(Br)cc1)C(=O)O. The minimum absolute atomic E-state index is 0.0456. The standard InChI is InChI=1S/C13H12BrN3O2/c14-11-3-1-8(2-4-11)12-10(7-16-17-12)5-9(6-15)13(18)19/h1-5,10,12,16-17H,7H2,(H,18,19)/b9-5-. The van der Waals surface area contributed by atoms with Crippen LogP contribution in [-0.4, -0.2) is 17.6 Å². The summed E-state index contributed by atoms with van der Waals surface area (Å²) in [5.74, 6) is -1.27. The number of hydrogen-bond donors (Lipinski definition) is 3.